The van der Waals surface area contributed by atoms with Crippen LogP contribution in [0, 0.1) is 18.3 Å². The van der Waals surface area contributed by atoms with Crippen molar-refractivity contribution in [1.29, 1.82) is 5.26 Å². The van der Waals surface area contributed by atoms with Crippen molar-refractivity contribution >= 4 is 51.0 Å². The molecule has 0 saturated heterocycles. The van der Waals surface area contributed by atoms with Crippen LogP contribution in [0.1, 0.15) is 11.1 Å². The van der Waals surface area contributed by atoms with E-state index in [4.69, 9.17) is 32.1 Å². The molecule has 0 unspecified atom stereocenters. The summed E-state index contributed by atoms with van der Waals surface area (Å²) in [7, 11) is -2.75. The summed E-state index contributed by atoms with van der Waals surface area (Å²) in [4.78, 5) is 12.6. The second-order valence-corrected chi connectivity index (χ2v) is 9.40. The Morgan fingerprint density at radius 1 is 1.03 bits per heavy atom. The summed E-state index contributed by atoms with van der Waals surface area (Å²) >= 11 is 12.0. The van der Waals surface area contributed by atoms with Crippen molar-refractivity contribution in [3.63, 3.8) is 0 Å². The van der Waals surface area contributed by atoms with E-state index in [1.807, 2.05) is 13.0 Å². The number of halogens is 2. The Balaban J connectivity index is 1.86. The molecule has 34 heavy (non-hydrogen) atoms. The molecule has 3 aromatic carbocycles. The molecule has 7 nitrogen and oxygen atoms in total. The van der Waals surface area contributed by atoms with E-state index in [9.17, 15) is 18.5 Å². The van der Waals surface area contributed by atoms with Crippen LogP contribution in [0.25, 0.3) is 6.08 Å². The van der Waals surface area contributed by atoms with Gasteiger partial charge in [0.2, 0.25) is 0 Å². The van der Waals surface area contributed by atoms with Crippen LogP contribution in [0.3, 0.4) is 0 Å². The molecule has 0 fully saturated rings. The van der Waals surface area contributed by atoms with Gasteiger partial charge in [-0.3, -0.25) is 4.79 Å². The summed E-state index contributed by atoms with van der Waals surface area (Å²) in [6.45, 7) is 1.84. The van der Waals surface area contributed by atoms with Crippen LogP contribution >= 0.6 is 23.2 Å². The van der Waals surface area contributed by atoms with Crippen LogP contribution < -0.4 is 14.2 Å². The first-order valence-corrected chi connectivity index (χ1v) is 11.9. The molecule has 174 valence electrons. The Morgan fingerprint density at radius 2 is 1.74 bits per heavy atom. The number of benzene rings is 3. The van der Waals surface area contributed by atoms with Crippen LogP contribution in [0.5, 0.6) is 11.5 Å². The molecule has 0 aliphatic heterocycles. The summed E-state index contributed by atoms with van der Waals surface area (Å²) in [6.07, 6.45) is 1.31. The number of hydrogen-bond donors (Lipinski definition) is 1. The lowest BCUT2D eigenvalue weighted by Gasteiger charge is -2.12. The third-order valence-electron chi connectivity index (χ3n) is 4.55. The van der Waals surface area contributed by atoms with E-state index in [2.05, 4.69) is 5.32 Å². The molecule has 0 spiro atoms. The van der Waals surface area contributed by atoms with E-state index in [0.717, 1.165) is 5.56 Å². The van der Waals surface area contributed by atoms with Crippen molar-refractivity contribution in [3.05, 3.63) is 87.4 Å². The monoisotopic (exact) mass is 516 g/mol. The van der Waals surface area contributed by atoms with Gasteiger partial charge in [-0.15, -0.1) is 0 Å². The maximum absolute atomic E-state index is 12.6. The maximum atomic E-state index is 12.6. The summed E-state index contributed by atoms with van der Waals surface area (Å²) < 4.78 is 35.7. The summed E-state index contributed by atoms with van der Waals surface area (Å²) in [5.41, 5.74) is 1.34. The number of carbonyl (C=O) groups excluding carboxylic acids is 1. The number of ether oxygens (including phenoxy) is 1. The average molecular weight is 517 g/mol. The van der Waals surface area contributed by atoms with Crippen LogP contribution in [0.15, 0.2) is 71.1 Å². The van der Waals surface area contributed by atoms with Crippen molar-refractivity contribution in [3.8, 4) is 17.6 Å². The van der Waals surface area contributed by atoms with Gasteiger partial charge in [0, 0.05) is 5.02 Å². The predicted molar refractivity (Wildman–Crippen MR) is 131 cm³/mol. The van der Waals surface area contributed by atoms with Gasteiger partial charge in [0.1, 0.15) is 16.5 Å². The normalized spacial score (nSPS) is 11.4. The van der Waals surface area contributed by atoms with Crippen LogP contribution in [0.4, 0.5) is 5.69 Å². The topological polar surface area (TPSA) is 105 Å². The molecule has 0 saturated carbocycles. The highest BCUT2D eigenvalue weighted by Crippen LogP contribution is 2.32. The van der Waals surface area contributed by atoms with E-state index in [0.29, 0.717) is 10.6 Å². The van der Waals surface area contributed by atoms with Crippen molar-refractivity contribution < 1.29 is 22.1 Å². The number of nitrogens with zero attached hydrogens (tertiary/aromatic N) is 1. The zero-order valence-corrected chi connectivity index (χ0v) is 20.3. The van der Waals surface area contributed by atoms with Gasteiger partial charge in [0.05, 0.1) is 17.8 Å². The van der Waals surface area contributed by atoms with Crippen molar-refractivity contribution in [2.45, 2.75) is 11.8 Å². The summed E-state index contributed by atoms with van der Waals surface area (Å²) in [6, 6.07) is 16.9. The van der Waals surface area contributed by atoms with Gasteiger partial charge >= 0.3 is 10.1 Å². The summed E-state index contributed by atoms with van der Waals surface area (Å²) in [5, 5.41) is 12.6. The number of hydrogen-bond acceptors (Lipinski definition) is 6. The smallest absolute Gasteiger partial charge is 0.339 e. The minimum atomic E-state index is -4.09. The Morgan fingerprint density at radius 3 is 2.38 bits per heavy atom. The average Bonchev–Trinajstić information content (AvgIpc) is 2.80. The SMILES string of the molecule is COc1cc(/C=C(/C#N)C(=O)Nc2cc(Cl)ccc2Cl)ccc1OS(=O)(=O)c1ccc(C)cc1. The maximum Gasteiger partial charge on any atom is 0.339 e. The largest absolute Gasteiger partial charge is 0.493 e. The third kappa shape index (κ3) is 6.08. The fraction of sp³-hybridized carbons (Fsp3) is 0.0833. The quantitative estimate of drug-likeness (QED) is 0.248. The minimum Gasteiger partial charge on any atom is -0.493 e. The van der Waals surface area contributed by atoms with Crippen LogP contribution in [-0.2, 0) is 14.9 Å². The summed E-state index contributed by atoms with van der Waals surface area (Å²) in [5.74, 6) is -0.651. The number of anilines is 1. The molecular formula is C24H18Cl2N2O5S. The number of methoxy groups -OCH3 is 1. The van der Waals surface area contributed by atoms with Crippen LogP contribution in [0.2, 0.25) is 10.0 Å². The number of carbonyl (C=O) groups is 1. The van der Waals surface area contributed by atoms with Gasteiger partial charge in [0.25, 0.3) is 5.91 Å². The minimum absolute atomic E-state index is 0.00719. The number of rotatable bonds is 7. The lowest BCUT2D eigenvalue weighted by Crippen LogP contribution is -2.13. The lowest BCUT2D eigenvalue weighted by atomic mass is 10.1. The standard InChI is InChI=1S/C24H18Cl2N2O5S/c1-15-3-7-19(8-4-15)34(30,31)33-22-10-5-16(12-23(22)32-2)11-17(14-27)24(29)28-21-13-18(25)6-9-20(21)26/h3-13H,1-2H3,(H,28,29)/b17-11-. The Labute approximate surface area is 207 Å². The zero-order valence-electron chi connectivity index (χ0n) is 18.0. The van der Waals surface area contributed by atoms with E-state index < -0.39 is 16.0 Å². The number of nitriles is 1. The molecule has 3 rings (SSSR count). The molecule has 0 aliphatic carbocycles. The third-order valence-corrected chi connectivity index (χ3v) is 6.36. The van der Waals surface area contributed by atoms with Crippen molar-refractivity contribution in [1.82, 2.24) is 0 Å². The van der Waals surface area contributed by atoms with Gasteiger partial charge in [-0.1, -0.05) is 47.0 Å². The highest BCUT2D eigenvalue weighted by Gasteiger charge is 2.19. The molecule has 10 heteroatoms. The molecule has 0 aromatic heterocycles. The Hall–Kier alpha value is -3.51. The van der Waals surface area contributed by atoms with Crippen molar-refractivity contribution in [2.24, 2.45) is 0 Å². The van der Waals surface area contributed by atoms with Gasteiger partial charge in [-0.05, 0) is 61.0 Å². The number of nitrogens with one attached hydrogen (secondary N) is 1. The van der Waals surface area contributed by atoms with E-state index in [-0.39, 0.29) is 32.7 Å². The second kappa shape index (κ2) is 10.6. The second-order valence-electron chi connectivity index (χ2n) is 7.01. The zero-order chi connectivity index (χ0) is 24.9. The first-order chi connectivity index (χ1) is 16.1. The molecule has 3 aromatic rings. The van der Waals surface area contributed by atoms with E-state index in [1.165, 1.54) is 55.7 Å². The molecule has 0 radical (unpaired) electrons. The fourth-order valence-electron chi connectivity index (χ4n) is 2.81. The highest BCUT2D eigenvalue weighted by atomic mass is 35.5. The van der Waals surface area contributed by atoms with E-state index in [1.54, 1.807) is 18.2 Å². The van der Waals surface area contributed by atoms with Gasteiger partial charge in [0.15, 0.2) is 11.5 Å². The van der Waals surface area contributed by atoms with E-state index >= 15 is 0 Å². The number of aryl methyl sites for hydroxylation is 1. The molecule has 1 amide bonds. The van der Waals surface area contributed by atoms with Gasteiger partial charge < -0.3 is 14.2 Å². The van der Waals surface area contributed by atoms with Crippen molar-refractivity contribution in [2.75, 3.05) is 12.4 Å². The molecule has 0 heterocycles. The molecular weight excluding hydrogens is 499 g/mol. The van der Waals surface area contributed by atoms with Crippen LogP contribution in [-0.4, -0.2) is 21.4 Å². The number of amides is 1. The molecule has 1 N–H and O–H groups in total. The first-order valence-electron chi connectivity index (χ1n) is 9.70. The Kier molecular flexibility index (Phi) is 7.84. The lowest BCUT2D eigenvalue weighted by molar-refractivity contribution is -0.112. The molecule has 0 atom stereocenters. The molecule has 0 bridgehead atoms. The highest BCUT2D eigenvalue weighted by molar-refractivity contribution is 7.87. The first kappa shape index (κ1) is 25.1. The fourth-order valence-corrected chi connectivity index (χ4v) is 4.09. The Bertz CT molecular complexity index is 1410. The predicted octanol–water partition coefficient (Wildman–Crippen LogP) is 5.62. The van der Waals surface area contributed by atoms with Gasteiger partial charge in [-0.2, -0.15) is 13.7 Å². The van der Waals surface area contributed by atoms with Gasteiger partial charge in [-0.25, -0.2) is 0 Å². The molecule has 0 aliphatic rings.